The van der Waals surface area contributed by atoms with Crippen molar-refractivity contribution in [1.82, 2.24) is 10.2 Å². The largest absolute Gasteiger partial charge is 0.377 e. The van der Waals surface area contributed by atoms with Crippen molar-refractivity contribution < 1.29 is 9.53 Å². The molecule has 0 aliphatic carbocycles. The van der Waals surface area contributed by atoms with Gasteiger partial charge in [-0.25, -0.2) is 0 Å². The summed E-state index contributed by atoms with van der Waals surface area (Å²) in [6.07, 6.45) is 6.97. The summed E-state index contributed by atoms with van der Waals surface area (Å²) in [5.41, 5.74) is 5.31. The summed E-state index contributed by atoms with van der Waals surface area (Å²) in [6.45, 7) is 7.98. The van der Waals surface area contributed by atoms with Crippen molar-refractivity contribution in [2.45, 2.75) is 39.3 Å². The average molecular weight is 402 g/mol. The third-order valence-corrected chi connectivity index (χ3v) is 5.80. The molecule has 0 unspecified atom stereocenters. The predicted octanol–water partition coefficient (Wildman–Crippen LogP) is 3.32. The summed E-state index contributed by atoms with van der Waals surface area (Å²) in [7, 11) is 0. The molecular formula is C24H26N4O2. The van der Waals surface area contributed by atoms with E-state index >= 15 is 0 Å². The minimum absolute atomic E-state index is 0.141. The highest BCUT2D eigenvalue weighted by molar-refractivity contribution is 6.22. The van der Waals surface area contributed by atoms with Crippen LogP contribution in [0.3, 0.4) is 0 Å². The van der Waals surface area contributed by atoms with E-state index in [1.807, 2.05) is 32.1 Å². The van der Waals surface area contributed by atoms with Crippen LogP contribution in [0.4, 0.5) is 0 Å². The van der Waals surface area contributed by atoms with E-state index in [0.717, 1.165) is 35.5 Å². The highest BCUT2D eigenvalue weighted by atomic mass is 16.5. The topological polar surface area (TPSA) is 77.7 Å². The van der Waals surface area contributed by atoms with E-state index in [2.05, 4.69) is 35.5 Å². The lowest BCUT2D eigenvalue weighted by Gasteiger charge is -2.27. The van der Waals surface area contributed by atoms with Crippen LogP contribution in [0.2, 0.25) is 0 Å². The van der Waals surface area contributed by atoms with E-state index in [-0.39, 0.29) is 18.0 Å². The number of ether oxygens (including phenoxy) is 1. The molecule has 0 saturated carbocycles. The smallest absolute Gasteiger partial charge is 0.255 e. The van der Waals surface area contributed by atoms with Crippen LogP contribution in [0, 0.1) is 18.3 Å². The Kier molecular flexibility index (Phi) is 5.56. The zero-order valence-corrected chi connectivity index (χ0v) is 17.6. The van der Waals surface area contributed by atoms with Crippen LogP contribution >= 0.6 is 0 Å². The van der Waals surface area contributed by atoms with Crippen LogP contribution in [-0.4, -0.2) is 42.4 Å². The molecule has 1 aromatic carbocycles. The Morgan fingerprint density at radius 2 is 2.27 bits per heavy atom. The van der Waals surface area contributed by atoms with E-state index < -0.39 is 0 Å². The van der Waals surface area contributed by atoms with Gasteiger partial charge in [0, 0.05) is 12.7 Å². The molecule has 6 heteroatoms. The van der Waals surface area contributed by atoms with Gasteiger partial charge in [0.25, 0.3) is 5.91 Å². The van der Waals surface area contributed by atoms with Crippen LogP contribution in [0.1, 0.15) is 43.0 Å². The molecule has 30 heavy (non-hydrogen) atoms. The van der Waals surface area contributed by atoms with Crippen molar-refractivity contribution in [3.8, 4) is 6.07 Å². The Balaban J connectivity index is 1.62. The second kappa shape index (κ2) is 8.29. The molecule has 1 N–H and O–H groups in total. The summed E-state index contributed by atoms with van der Waals surface area (Å²) in [4.78, 5) is 20.1. The normalized spacial score (nSPS) is 21.5. The molecule has 6 nitrogen and oxygen atoms in total. The van der Waals surface area contributed by atoms with Gasteiger partial charge in [0.2, 0.25) is 0 Å². The number of carbonyl (C=O) groups is 1. The second-order valence-electron chi connectivity index (χ2n) is 7.98. The van der Waals surface area contributed by atoms with Crippen LogP contribution < -0.4 is 5.32 Å². The van der Waals surface area contributed by atoms with Gasteiger partial charge in [0.1, 0.15) is 5.84 Å². The number of nitrogens with zero attached hydrogens (tertiary/aromatic N) is 3. The molecule has 1 amide bonds. The first-order valence-electron chi connectivity index (χ1n) is 10.3. The number of nitriles is 1. The zero-order valence-electron chi connectivity index (χ0n) is 17.6. The summed E-state index contributed by atoms with van der Waals surface area (Å²) >= 11 is 0. The van der Waals surface area contributed by atoms with E-state index in [1.165, 1.54) is 5.57 Å². The van der Waals surface area contributed by atoms with E-state index in [1.54, 1.807) is 6.07 Å². The Labute approximate surface area is 177 Å². The number of nitrogens with one attached hydrogen (secondary N) is 1. The molecule has 1 aromatic rings. The number of carbonyl (C=O) groups excluding carboxylic acids is 1. The number of hydrogen-bond acceptors (Lipinski definition) is 5. The number of amides is 1. The first kappa shape index (κ1) is 20.1. The summed E-state index contributed by atoms with van der Waals surface area (Å²) in [6, 6.07) is 7.73. The Morgan fingerprint density at radius 3 is 3.00 bits per heavy atom. The number of aliphatic imine (C=N–C) groups is 1. The predicted molar refractivity (Wildman–Crippen MR) is 116 cm³/mol. The van der Waals surface area contributed by atoms with Gasteiger partial charge >= 0.3 is 0 Å². The molecule has 0 fully saturated rings. The van der Waals surface area contributed by atoms with Gasteiger partial charge in [-0.05, 0) is 61.6 Å². The summed E-state index contributed by atoms with van der Waals surface area (Å²) < 4.78 is 5.44. The third kappa shape index (κ3) is 3.81. The molecule has 154 valence electrons. The maximum Gasteiger partial charge on any atom is 0.255 e. The zero-order chi connectivity index (χ0) is 21.3. The van der Waals surface area contributed by atoms with E-state index in [0.29, 0.717) is 24.4 Å². The molecule has 3 aliphatic rings. The molecule has 0 spiro atoms. The fraction of sp³-hybridized carbons (Fsp3) is 0.375. The van der Waals surface area contributed by atoms with E-state index in [4.69, 9.17) is 9.73 Å². The van der Waals surface area contributed by atoms with Crippen molar-refractivity contribution in [3.05, 3.63) is 70.0 Å². The number of fused-ring (bicyclic) bond motifs is 1. The van der Waals surface area contributed by atoms with Crippen molar-refractivity contribution in [3.63, 3.8) is 0 Å². The molecule has 0 aromatic heterocycles. The fourth-order valence-electron chi connectivity index (χ4n) is 4.19. The van der Waals surface area contributed by atoms with Crippen LogP contribution in [-0.2, 0) is 9.53 Å². The number of rotatable bonds is 4. The van der Waals surface area contributed by atoms with Crippen LogP contribution in [0.25, 0.3) is 0 Å². The number of amidine groups is 1. The third-order valence-electron chi connectivity index (χ3n) is 5.80. The molecule has 3 heterocycles. The average Bonchev–Trinajstić information content (AvgIpc) is 3.13. The summed E-state index contributed by atoms with van der Waals surface area (Å²) in [5, 5.41) is 12.4. The van der Waals surface area contributed by atoms with Gasteiger partial charge in [-0.15, -0.1) is 0 Å². The summed E-state index contributed by atoms with van der Waals surface area (Å²) in [5.74, 6) is 0.575. The lowest BCUT2D eigenvalue weighted by Crippen LogP contribution is -2.37. The number of benzene rings is 1. The Morgan fingerprint density at radius 1 is 1.43 bits per heavy atom. The maximum absolute atomic E-state index is 13.3. The fourth-order valence-corrected chi connectivity index (χ4v) is 4.19. The van der Waals surface area contributed by atoms with Crippen molar-refractivity contribution in [2.75, 3.05) is 19.8 Å². The molecule has 0 bridgehead atoms. The standard InChI is InChI=1S/C24H26N4O2/c1-15-13-28-14-20(18-7-9-30-10-8-18)11-22(23(28)26-15)24(29)27-17(3)21-6-4-5-19(12-25)16(21)2/h4-7,11,14-15,17H,8-10,13H2,1-3H3,(H,27,29)/t15-,17-/m1/s1. The first-order valence-corrected chi connectivity index (χ1v) is 10.3. The highest BCUT2D eigenvalue weighted by Gasteiger charge is 2.32. The van der Waals surface area contributed by atoms with Gasteiger partial charge in [0.05, 0.1) is 42.5 Å². The van der Waals surface area contributed by atoms with Gasteiger partial charge in [-0.2, -0.15) is 5.26 Å². The van der Waals surface area contributed by atoms with Gasteiger partial charge in [0.15, 0.2) is 0 Å². The van der Waals surface area contributed by atoms with Crippen LogP contribution in [0.5, 0.6) is 0 Å². The lowest BCUT2D eigenvalue weighted by molar-refractivity contribution is -0.117. The number of hydrogen-bond donors (Lipinski definition) is 1. The monoisotopic (exact) mass is 402 g/mol. The maximum atomic E-state index is 13.3. The highest BCUT2D eigenvalue weighted by Crippen LogP contribution is 2.29. The molecule has 0 radical (unpaired) electrons. The van der Waals surface area contributed by atoms with Gasteiger partial charge in [-0.1, -0.05) is 18.2 Å². The Bertz CT molecular complexity index is 1040. The molecule has 0 saturated heterocycles. The van der Waals surface area contributed by atoms with Gasteiger partial charge in [-0.3, -0.25) is 9.79 Å². The SMILES string of the molecule is Cc1c(C#N)cccc1[C@@H](C)NC(=O)C1=CC(C2=CCOCC2)=CN2C[C@@H](C)N=C12. The van der Waals surface area contributed by atoms with Crippen molar-refractivity contribution in [1.29, 1.82) is 5.26 Å². The first-order chi connectivity index (χ1) is 14.5. The van der Waals surface area contributed by atoms with Crippen LogP contribution in [0.15, 0.2) is 58.3 Å². The van der Waals surface area contributed by atoms with Crippen molar-refractivity contribution in [2.24, 2.45) is 4.99 Å². The lowest BCUT2D eigenvalue weighted by atomic mass is 9.95. The number of allylic oxidation sites excluding steroid dienone is 2. The minimum Gasteiger partial charge on any atom is -0.377 e. The Hall–Kier alpha value is -3.17. The quantitative estimate of drug-likeness (QED) is 0.838. The molecule has 4 rings (SSSR count). The molecular weight excluding hydrogens is 376 g/mol. The van der Waals surface area contributed by atoms with Gasteiger partial charge < -0.3 is 15.0 Å². The van der Waals surface area contributed by atoms with E-state index in [9.17, 15) is 10.1 Å². The minimum atomic E-state index is -0.226. The molecule has 3 aliphatic heterocycles. The molecule has 2 atom stereocenters. The van der Waals surface area contributed by atoms with Crippen molar-refractivity contribution >= 4 is 11.7 Å². The second-order valence-corrected chi connectivity index (χ2v) is 7.98.